The molecule has 2 aromatic carbocycles. The van der Waals surface area contributed by atoms with E-state index in [1.165, 1.54) is 0 Å². The SMILES string of the molecule is CCc1ccccc1NC(=O)CC(=O)NCCc1cccc(Cl)c1. The second kappa shape index (κ2) is 9.08. The van der Waals surface area contributed by atoms with Crippen LogP contribution in [0.2, 0.25) is 5.02 Å². The van der Waals surface area contributed by atoms with E-state index in [4.69, 9.17) is 11.6 Å². The highest BCUT2D eigenvalue weighted by atomic mass is 35.5. The molecule has 2 N–H and O–H groups in total. The van der Waals surface area contributed by atoms with Crippen LogP contribution in [0, 0.1) is 0 Å². The quantitative estimate of drug-likeness (QED) is 0.754. The van der Waals surface area contributed by atoms with Crippen LogP contribution >= 0.6 is 11.6 Å². The lowest BCUT2D eigenvalue weighted by Gasteiger charge is -2.10. The van der Waals surface area contributed by atoms with Crippen molar-refractivity contribution in [3.05, 3.63) is 64.7 Å². The molecule has 0 aromatic heterocycles. The minimum atomic E-state index is -0.309. The molecule has 0 spiro atoms. The first-order valence-corrected chi connectivity index (χ1v) is 8.35. The van der Waals surface area contributed by atoms with Crippen LogP contribution < -0.4 is 10.6 Å². The van der Waals surface area contributed by atoms with E-state index >= 15 is 0 Å². The van der Waals surface area contributed by atoms with Crippen LogP contribution in [0.1, 0.15) is 24.5 Å². The fraction of sp³-hybridized carbons (Fsp3) is 0.263. The molecule has 2 rings (SSSR count). The number of carbonyl (C=O) groups is 2. The van der Waals surface area contributed by atoms with E-state index in [1.54, 1.807) is 0 Å². The molecule has 0 saturated heterocycles. The summed E-state index contributed by atoms with van der Waals surface area (Å²) in [5.74, 6) is -0.598. The summed E-state index contributed by atoms with van der Waals surface area (Å²) in [4.78, 5) is 23.8. The van der Waals surface area contributed by atoms with E-state index in [-0.39, 0.29) is 18.2 Å². The molecule has 126 valence electrons. The summed E-state index contributed by atoms with van der Waals surface area (Å²) in [6.45, 7) is 2.49. The van der Waals surface area contributed by atoms with Crippen molar-refractivity contribution in [2.75, 3.05) is 11.9 Å². The zero-order valence-corrected chi connectivity index (χ0v) is 14.4. The van der Waals surface area contributed by atoms with Crippen molar-refractivity contribution in [2.24, 2.45) is 0 Å². The molecule has 0 aliphatic carbocycles. The largest absolute Gasteiger partial charge is 0.355 e. The molecule has 0 atom stereocenters. The maximum atomic E-state index is 12.0. The Morgan fingerprint density at radius 1 is 1.04 bits per heavy atom. The van der Waals surface area contributed by atoms with E-state index in [9.17, 15) is 9.59 Å². The van der Waals surface area contributed by atoms with Crippen molar-refractivity contribution in [1.29, 1.82) is 0 Å². The van der Waals surface area contributed by atoms with Gasteiger partial charge in [-0.2, -0.15) is 0 Å². The summed E-state index contributed by atoms with van der Waals surface area (Å²) < 4.78 is 0. The molecule has 0 saturated carbocycles. The number of nitrogens with one attached hydrogen (secondary N) is 2. The van der Waals surface area contributed by atoms with E-state index in [1.807, 2.05) is 55.5 Å². The third-order valence-corrected chi connectivity index (χ3v) is 3.85. The summed E-state index contributed by atoms with van der Waals surface area (Å²) in [6.07, 6.45) is 1.31. The Morgan fingerprint density at radius 2 is 1.83 bits per heavy atom. The standard InChI is InChI=1S/C19H21ClN2O2/c1-2-15-7-3-4-9-17(15)22-19(24)13-18(23)21-11-10-14-6-5-8-16(20)12-14/h3-9,12H,2,10-11,13H2,1H3,(H,21,23)(H,22,24). The highest BCUT2D eigenvalue weighted by Gasteiger charge is 2.10. The molecule has 0 bridgehead atoms. The molecule has 0 aliphatic heterocycles. The number of benzene rings is 2. The summed E-state index contributed by atoms with van der Waals surface area (Å²) in [7, 11) is 0. The number of halogens is 1. The molecular weight excluding hydrogens is 324 g/mol. The van der Waals surface area contributed by atoms with E-state index in [2.05, 4.69) is 10.6 Å². The predicted molar refractivity (Wildman–Crippen MR) is 97.2 cm³/mol. The maximum Gasteiger partial charge on any atom is 0.233 e. The molecule has 24 heavy (non-hydrogen) atoms. The average molecular weight is 345 g/mol. The smallest absolute Gasteiger partial charge is 0.233 e. The third kappa shape index (κ3) is 5.70. The molecule has 4 nitrogen and oxygen atoms in total. The highest BCUT2D eigenvalue weighted by molar-refractivity contribution is 6.30. The fourth-order valence-electron chi connectivity index (χ4n) is 2.39. The monoisotopic (exact) mass is 344 g/mol. The normalized spacial score (nSPS) is 10.2. The van der Waals surface area contributed by atoms with E-state index in [0.29, 0.717) is 18.0 Å². The van der Waals surface area contributed by atoms with Crippen molar-refractivity contribution < 1.29 is 9.59 Å². The Kier molecular flexibility index (Phi) is 6.82. The van der Waals surface area contributed by atoms with Crippen LogP contribution in [-0.4, -0.2) is 18.4 Å². The van der Waals surface area contributed by atoms with Gasteiger partial charge in [-0.1, -0.05) is 48.9 Å². The third-order valence-electron chi connectivity index (χ3n) is 3.62. The number of aryl methyl sites for hydroxylation is 1. The summed E-state index contributed by atoms with van der Waals surface area (Å²) in [5, 5.41) is 6.22. The lowest BCUT2D eigenvalue weighted by atomic mass is 10.1. The molecule has 2 aromatic rings. The van der Waals surface area contributed by atoms with Crippen LogP contribution in [0.5, 0.6) is 0 Å². The Labute approximate surface area is 147 Å². The number of carbonyl (C=O) groups excluding carboxylic acids is 2. The number of hydrogen-bond donors (Lipinski definition) is 2. The van der Waals surface area contributed by atoms with Crippen molar-refractivity contribution in [3.63, 3.8) is 0 Å². The van der Waals surface area contributed by atoms with Gasteiger partial charge in [0.05, 0.1) is 0 Å². The van der Waals surface area contributed by atoms with Gasteiger partial charge in [-0.05, 0) is 42.2 Å². The van der Waals surface area contributed by atoms with Gasteiger partial charge in [-0.15, -0.1) is 0 Å². The van der Waals surface area contributed by atoms with Gasteiger partial charge >= 0.3 is 0 Å². The Morgan fingerprint density at radius 3 is 2.58 bits per heavy atom. The Balaban J connectivity index is 1.76. The zero-order valence-electron chi connectivity index (χ0n) is 13.6. The fourth-order valence-corrected chi connectivity index (χ4v) is 2.60. The number of amides is 2. The number of anilines is 1. The first-order valence-electron chi connectivity index (χ1n) is 7.97. The van der Waals surface area contributed by atoms with Crippen molar-refractivity contribution >= 4 is 29.1 Å². The first kappa shape index (κ1) is 18.0. The van der Waals surface area contributed by atoms with Gasteiger partial charge in [0.2, 0.25) is 11.8 Å². The molecule has 0 heterocycles. The van der Waals surface area contributed by atoms with E-state index in [0.717, 1.165) is 23.2 Å². The Hall–Kier alpha value is -2.33. The van der Waals surface area contributed by atoms with Gasteiger partial charge in [-0.25, -0.2) is 0 Å². The lowest BCUT2D eigenvalue weighted by Crippen LogP contribution is -2.29. The molecule has 2 amide bonds. The predicted octanol–water partition coefficient (Wildman–Crippen LogP) is 3.59. The van der Waals surface area contributed by atoms with Gasteiger partial charge in [0.1, 0.15) is 6.42 Å². The summed E-state index contributed by atoms with van der Waals surface area (Å²) in [6, 6.07) is 15.1. The van der Waals surface area contributed by atoms with Gasteiger partial charge < -0.3 is 10.6 Å². The first-order chi connectivity index (χ1) is 11.6. The number of para-hydroxylation sites is 1. The van der Waals surface area contributed by atoms with Crippen molar-refractivity contribution in [1.82, 2.24) is 5.32 Å². The number of hydrogen-bond acceptors (Lipinski definition) is 2. The van der Waals surface area contributed by atoms with Gasteiger partial charge in [0.15, 0.2) is 0 Å². The molecule has 0 radical (unpaired) electrons. The minimum Gasteiger partial charge on any atom is -0.355 e. The van der Waals surface area contributed by atoms with Gasteiger partial charge in [-0.3, -0.25) is 9.59 Å². The average Bonchev–Trinajstić information content (AvgIpc) is 2.55. The Bertz CT molecular complexity index is 716. The minimum absolute atomic E-state index is 0.187. The lowest BCUT2D eigenvalue weighted by molar-refractivity contribution is -0.126. The highest BCUT2D eigenvalue weighted by Crippen LogP contribution is 2.15. The summed E-state index contributed by atoms with van der Waals surface area (Å²) >= 11 is 5.92. The second-order valence-electron chi connectivity index (χ2n) is 5.47. The number of rotatable bonds is 7. The summed E-state index contributed by atoms with van der Waals surface area (Å²) in [5.41, 5.74) is 2.85. The molecule has 0 fully saturated rings. The second-order valence-corrected chi connectivity index (χ2v) is 5.90. The molecule has 5 heteroatoms. The molecule has 0 aliphatic rings. The van der Waals surface area contributed by atoms with Crippen molar-refractivity contribution in [2.45, 2.75) is 26.2 Å². The van der Waals surface area contributed by atoms with Gasteiger partial charge in [0, 0.05) is 17.3 Å². The molecular formula is C19H21ClN2O2. The zero-order chi connectivity index (χ0) is 17.4. The van der Waals surface area contributed by atoms with Crippen LogP contribution in [0.15, 0.2) is 48.5 Å². The van der Waals surface area contributed by atoms with Crippen LogP contribution in [0.3, 0.4) is 0 Å². The van der Waals surface area contributed by atoms with Crippen LogP contribution in [0.25, 0.3) is 0 Å². The topological polar surface area (TPSA) is 58.2 Å². The van der Waals surface area contributed by atoms with Crippen LogP contribution in [0.4, 0.5) is 5.69 Å². The molecule has 0 unspecified atom stereocenters. The van der Waals surface area contributed by atoms with Crippen LogP contribution in [-0.2, 0) is 22.4 Å². The van der Waals surface area contributed by atoms with E-state index < -0.39 is 0 Å². The van der Waals surface area contributed by atoms with Crippen molar-refractivity contribution in [3.8, 4) is 0 Å². The maximum absolute atomic E-state index is 12.0. The van der Waals surface area contributed by atoms with Gasteiger partial charge in [0.25, 0.3) is 0 Å².